The molecule has 0 radical (unpaired) electrons. The molecule has 0 bridgehead atoms. The van der Waals surface area contributed by atoms with Gasteiger partial charge in [0.2, 0.25) is 0 Å². The van der Waals surface area contributed by atoms with Crippen molar-refractivity contribution in [3.8, 4) is 11.3 Å². The Bertz CT molecular complexity index is 640. The van der Waals surface area contributed by atoms with Gasteiger partial charge in [-0.2, -0.15) is 0 Å². The highest BCUT2D eigenvalue weighted by Gasteiger charge is 2.43. The van der Waals surface area contributed by atoms with Crippen molar-refractivity contribution in [1.82, 2.24) is 15.1 Å². The molecule has 2 atom stereocenters. The third kappa shape index (κ3) is 2.34. The van der Waals surface area contributed by atoms with Crippen LogP contribution < -0.4 is 4.90 Å². The number of likely N-dealkylation sites (tertiary alicyclic amines) is 1. The van der Waals surface area contributed by atoms with Gasteiger partial charge in [-0.05, 0) is 31.3 Å². The van der Waals surface area contributed by atoms with Crippen molar-refractivity contribution in [3.63, 3.8) is 0 Å². The van der Waals surface area contributed by atoms with Crippen LogP contribution in [-0.2, 0) is 0 Å². The molecular weight excluding hydrogens is 328 g/mol. The van der Waals surface area contributed by atoms with Crippen molar-refractivity contribution in [3.05, 3.63) is 40.9 Å². The average Bonchev–Trinajstić information content (AvgIpc) is 2.86. The fourth-order valence-electron chi connectivity index (χ4n) is 3.36. The fourth-order valence-corrected chi connectivity index (χ4v) is 3.62. The normalized spacial score (nSPS) is 24.8. The van der Waals surface area contributed by atoms with Crippen molar-refractivity contribution >= 4 is 21.7 Å². The van der Waals surface area contributed by atoms with Crippen LogP contribution in [0.4, 0.5) is 5.82 Å². The Morgan fingerprint density at radius 3 is 2.43 bits per heavy atom. The molecule has 108 valence electrons. The van der Waals surface area contributed by atoms with Crippen molar-refractivity contribution in [2.75, 3.05) is 31.6 Å². The number of anilines is 1. The van der Waals surface area contributed by atoms with Gasteiger partial charge in [-0.15, -0.1) is 10.2 Å². The van der Waals surface area contributed by atoms with Gasteiger partial charge in [0.25, 0.3) is 0 Å². The lowest BCUT2D eigenvalue weighted by Gasteiger charge is -2.40. The molecule has 2 aliphatic heterocycles. The highest BCUT2D eigenvalue weighted by molar-refractivity contribution is 9.10. The lowest BCUT2D eigenvalue weighted by molar-refractivity contribution is 0.0827. The molecule has 4 nitrogen and oxygen atoms in total. The number of hydrogen-bond donors (Lipinski definition) is 0. The van der Waals surface area contributed by atoms with Crippen LogP contribution in [0.25, 0.3) is 11.3 Å². The first kappa shape index (κ1) is 13.2. The summed E-state index contributed by atoms with van der Waals surface area (Å²) in [5.74, 6) is 1.81. The summed E-state index contributed by atoms with van der Waals surface area (Å²) in [5.41, 5.74) is 2.02. The first-order valence-corrected chi connectivity index (χ1v) is 8.05. The highest BCUT2D eigenvalue weighted by atomic mass is 79.9. The predicted molar refractivity (Wildman–Crippen MR) is 87.3 cm³/mol. The van der Waals surface area contributed by atoms with Crippen LogP contribution in [0.15, 0.2) is 40.9 Å². The molecule has 0 N–H and O–H groups in total. The van der Waals surface area contributed by atoms with Gasteiger partial charge in [-0.1, -0.05) is 28.1 Å². The number of rotatable bonds is 2. The molecule has 4 rings (SSSR count). The van der Waals surface area contributed by atoms with Gasteiger partial charge in [0.15, 0.2) is 5.82 Å². The van der Waals surface area contributed by atoms with Crippen LogP contribution in [0.2, 0.25) is 0 Å². The SMILES string of the molecule is CN1CC2CN(c3ccc(-c4ccc(Br)cc4)nn3)CC21. The molecule has 0 spiro atoms. The van der Waals surface area contributed by atoms with E-state index in [1.54, 1.807) is 0 Å². The van der Waals surface area contributed by atoms with E-state index in [-0.39, 0.29) is 0 Å². The Morgan fingerprint density at radius 2 is 1.81 bits per heavy atom. The Kier molecular flexibility index (Phi) is 3.19. The maximum Gasteiger partial charge on any atom is 0.151 e. The average molecular weight is 345 g/mol. The quantitative estimate of drug-likeness (QED) is 0.838. The van der Waals surface area contributed by atoms with Crippen LogP contribution >= 0.6 is 15.9 Å². The number of halogens is 1. The van der Waals surface area contributed by atoms with Gasteiger partial charge >= 0.3 is 0 Å². The minimum Gasteiger partial charge on any atom is -0.353 e. The molecule has 1 aromatic heterocycles. The topological polar surface area (TPSA) is 32.3 Å². The molecule has 21 heavy (non-hydrogen) atoms. The van der Waals surface area contributed by atoms with Gasteiger partial charge in [-0.3, -0.25) is 0 Å². The third-order valence-corrected chi connectivity index (χ3v) is 5.14. The summed E-state index contributed by atoms with van der Waals surface area (Å²) in [6.45, 7) is 3.40. The molecule has 2 aromatic rings. The van der Waals surface area contributed by atoms with E-state index in [4.69, 9.17) is 0 Å². The van der Waals surface area contributed by atoms with Crippen LogP contribution in [-0.4, -0.2) is 47.8 Å². The van der Waals surface area contributed by atoms with Crippen molar-refractivity contribution in [1.29, 1.82) is 0 Å². The Balaban J connectivity index is 1.53. The van der Waals surface area contributed by atoms with Gasteiger partial charge < -0.3 is 9.80 Å². The maximum absolute atomic E-state index is 4.43. The van der Waals surface area contributed by atoms with E-state index in [1.807, 2.05) is 12.1 Å². The zero-order valence-corrected chi connectivity index (χ0v) is 13.5. The molecule has 0 saturated carbocycles. The largest absolute Gasteiger partial charge is 0.353 e. The summed E-state index contributed by atoms with van der Waals surface area (Å²) in [6, 6.07) is 13.0. The van der Waals surface area contributed by atoms with E-state index in [1.165, 1.54) is 6.54 Å². The minimum absolute atomic E-state index is 0.706. The van der Waals surface area contributed by atoms with Crippen LogP contribution in [0.1, 0.15) is 0 Å². The molecule has 1 aromatic carbocycles. The van der Waals surface area contributed by atoms with Gasteiger partial charge in [-0.25, -0.2) is 0 Å². The number of aromatic nitrogens is 2. The predicted octanol–water partition coefficient (Wildman–Crippen LogP) is 2.66. The fraction of sp³-hybridized carbons (Fsp3) is 0.375. The highest BCUT2D eigenvalue weighted by Crippen LogP contribution is 2.33. The second-order valence-corrected chi connectivity index (χ2v) is 6.87. The van der Waals surface area contributed by atoms with Crippen molar-refractivity contribution in [2.45, 2.75) is 6.04 Å². The third-order valence-electron chi connectivity index (χ3n) is 4.61. The number of nitrogens with zero attached hydrogens (tertiary/aromatic N) is 4. The van der Waals surface area contributed by atoms with E-state index in [9.17, 15) is 0 Å². The van der Waals surface area contributed by atoms with E-state index < -0.39 is 0 Å². The summed E-state index contributed by atoms with van der Waals surface area (Å²) >= 11 is 3.45. The first-order chi connectivity index (χ1) is 10.2. The van der Waals surface area contributed by atoms with Crippen LogP contribution in [0.5, 0.6) is 0 Å². The zero-order chi connectivity index (χ0) is 14.4. The standard InChI is InChI=1S/C16H17BrN4/c1-20-8-12-9-21(10-15(12)20)16-7-6-14(18-19-16)11-2-4-13(17)5-3-11/h2-7,12,15H,8-10H2,1H3. The molecule has 0 aliphatic carbocycles. The smallest absolute Gasteiger partial charge is 0.151 e. The van der Waals surface area contributed by atoms with Gasteiger partial charge in [0.05, 0.1) is 5.69 Å². The number of fused-ring (bicyclic) bond motifs is 1. The summed E-state index contributed by atoms with van der Waals surface area (Å²) in [4.78, 5) is 4.78. The summed E-state index contributed by atoms with van der Waals surface area (Å²) in [6.07, 6.45) is 0. The Hall–Kier alpha value is -1.46. The van der Waals surface area contributed by atoms with Crippen LogP contribution in [0.3, 0.4) is 0 Å². The summed E-state index contributed by atoms with van der Waals surface area (Å²) in [7, 11) is 2.20. The number of hydrogen-bond acceptors (Lipinski definition) is 4. The van der Waals surface area contributed by atoms with E-state index in [2.05, 4.69) is 67.2 Å². The Morgan fingerprint density at radius 1 is 1.00 bits per heavy atom. The second kappa shape index (κ2) is 5.07. The van der Waals surface area contributed by atoms with Gasteiger partial charge in [0, 0.05) is 41.6 Å². The lowest BCUT2D eigenvalue weighted by Crippen LogP contribution is -2.52. The Labute approximate surface area is 132 Å². The molecule has 3 heterocycles. The summed E-state index contributed by atoms with van der Waals surface area (Å²) in [5, 5.41) is 8.82. The van der Waals surface area contributed by atoms with Gasteiger partial charge in [0.1, 0.15) is 0 Å². The molecule has 2 unspecified atom stereocenters. The van der Waals surface area contributed by atoms with E-state index >= 15 is 0 Å². The molecule has 2 fully saturated rings. The zero-order valence-electron chi connectivity index (χ0n) is 11.9. The van der Waals surface area contributed by atoms with Crippen LogP contribution in [0, 0.1) is 5.92 Å². The minimum atomic E-state index is 0.706. The monoisotopic (exact) mass is 344 g/mol. The molecule has 0 amide bonds. The summed E-state index contributed by atoms with van der Waals surface area (Å²) < 4.78 is 1.08. The lowest BCUT2D eigenvalue weighted by atomic mass is 9.93. The van der Waals surface area contributed by atoms with Crippen molar-refractivity contribution < 1.29 is 0 Å². The van der Waals surface area contributed by atoms with E-state index in [0.717, 1.165) is 40.6 Å². The molecule has 2 aliphatic rings. The molecule has 5 heteroatoms. The molecule has 2 saturated heterocycles. The van der Waals surface area contributed by atoms with E-state index in [0.29, 0.717) is 6.04 Å². The maximum atomic E-state index is 4.43. The molecular formula is C16H17BrN4. The second-order valence-electron chi connectivity index (χ2n) is 5.96. The van der Waals surface area contributed by atoms with Crippen molar-refractivity contribution in [2.24, 2.45) is 5.92 Å². The number of benzene rings is 1. The first-order valence-electron chi connectivity index (χ1n) is 7.25. The number of likely N-dealkylation sites (N-methyl/N-ethyl adjacent to an activating group) is 1.